The fraction of sp³-hybridized carbons (Fsp3) is 0.714. The zero-order valence-electron chi connectivity index (χ0n) is 6.47. The second kappa shape index (κ2) is 2.82. The third kappa shape index (κ3) is 1.35. The molecule has 0 aliphatic carbocycles. The zero-order chi connectivity index (χ0) is 8.36. The Balaban J connectivity index is 4.55. The molecule has 3 heteroatoms. The topological polar surface area (TPSA) is 54.4 Å². The molecule has 1 N–H and O–H groups in total. The summed E-state index contributed by atoms with van der Waals surface area (Å²) in [5, 5.41) is 8.58. The van der Waals surface area contributed by atoms with E-state index in [4.69, 9.17) is 5.11 Å². The monoisotopic (exact) mass is 144 g/mol. The third-order valence-corrected chi connectivity index (χ3v) is 1.96. The Morgan fingerprint density at radius 2 is 1.90 bits per heavy atom. The number of carbonyl (C=O) groups is 2. The van der Waals surface area contributed by atoms with Gasteiger partial charge in [-0.05, 0) is 20.3 Å². The van der Waals surface area contributed by atoms with Crippen molar-refractivity contribution in [1.82, 2.24) is 0 Å². The van der Waals surface area contributed by atoms with Gasteiger partial charge in [0.25, 0.3) is 0 Å². The second-order valence-electron chi connectivity index (χ2n) is 2.55. The van der Waals surface area contributed by atoms with Gasteiger partial charge in [-0.2, -0.15) is 0 Å². The van der Waals surface area contributed by atoms with E-state index in [0.29, 0.717) is 6.42 Å². The van der Waals surface area contributed by atoms with E-state index in [1.54, 1.807) is 6.92 Å². The lowest BCUT2D eigenvalue weighted by Gasteiger charge is -2.18. The maximum Gasteiger partial charge on any atom is 0.316 e. The number of carboxylic acids is 1. The number of Topliss-reactive ketones (excluding diaryl/α,β-unsaturated/α-hetero) is 1. The van der Waals surface area contributed by atoms with Crippen LogP contribution < -0.4 is 0 Å². The molecule has 0 amide bonds. The van der Waals surface area contributed by atoms with E-state index in [1.165, 1.54) is 13.8 Å². The molecule has 0 rings (SSSR count). The highest BCUT2D eigenvalue weighted by Gasteiger charge is 2.35. The number of aliphatic carboxylic acids is 1. The normalized spacial score (nSPS) is 15.9. The van der Waals surface area contributed by atoms with Crippen LogP contribution in [0.1, 0.15) is 27.2 Å². The summed E-state index contributed by atoms with van der Waals surface area (Å²) in [6.07, 6.45) is 0.345. The van der Waals surface area contributed by atoms with E-state index in [9.17, 15) is 9.59 Å². The number of carbonyl (C=O) groups excluding carboxylic acids is 1. The van der Waals surface area contributed by atoms with Gasteiger partial charge in [0, 0.05) is 0 Å². The molecule has 0 fully saturated rings. The van der Waals surface area contributed by atoms with Crippen molar-refractivity contribution in [3.63, 3.8) is 0 Å². The van der Waals surface area contributed by atoms with Crippen molar-refractivity contribution < 1.29 is 14.7 Å². The molecular weight excluding hydrogens is 132 g/mol. The van der Waals surface area contributed by atoms with Crippen LogP contribution >= 0.6 is 0 Å². The fourth-order valence-electron chi connectivity index (χ4n) is 0.551. The molecule has 0 aromatic carbocycles. The molecule has 0 saturated carbocycles. The van der Waals surface area contributed by atoms with E-state index in [1.807, 2.05) is 0 Å². The minimum atomic E-state index is -1.18. The average Bonchev–Trinajstić information content (AvgIpc) is 1.85. The molecule has 1 atom stereocenters. The third-order valence-electron chi connectivity index (χ3n) is 1.96. The number of rotatable bonds is 3. The quantitative estimate of drug-likeness (QED) is 0.603. The molecule has 0 radical (unpaired) electrons. The first-order valence-corrected chi connectivity index (χ1v) is 3.19. The summed E-state index contributed by atoms with van der Waals surface area (Å²) in [4.78, 5) is 21.2. The number of hydrogen-bond donors (Lipinski definition) is 1. The van der Waals surface area contributed by atoms with E-state index in [-0.39, 0.29) is 5.78 Å². The number of ketones is 1. The van der Waals surface area contributed by atoms with Crippen molar-refractivity contribution in [2.24, 2.45) is 5.41 Å². The van der Waals surface area contributed by atoms with Crippen molar-refractivity contribution in [1.29, 1.82) is 0 Å². The Labute approximate surface area is 60.0 Å². The van der Waals surface area contributed by atoms with Gasteiger partial charge in [-0.25, -0.2) is 0 Å². The molecule has 0 aromatic rings. The van der Waals surface area contributed by atoms with E-state index in [0.717, 1.165) is 0 Å². The van der Waals surface area contributed by atoms with Gasteiger partial charge >= 0.3 is 5.97 Å². The average molecular weight is 144 g/mol. The summed E-state index contributed by atoms with van der Waals surface area (Å²) in [7, 11) is 0. The van der Waals surface area contributed by atoms with Crippen molar-refractivity contribution in [2.75, 3.05) is 0 Å². The summed E-state index contributed by atoms with van der Waals surface area (Å²) in [6.45, 7) is 4.44. The fourth-order valence-corrected chi connectivity index (χ4v) is 0.551. The number of carboxylic acid groups (broad SMARTS) is 1. The molecule has 0 heterocycles. The molecule has 0 spiro atoms. The molecule has 10 heavy (non-hydrogen) atoms. The molecule has 0 unspecified atom stereocenters. The maximum absolute atomic E-state index is 10.8. The lowest BCUT2D eigenvalue weighted by molar-refractivity contribution is -0.153. The summed E-state index contributed by atoms with van der Waals surface area (Å²) < 4.78 is 0. The first-order valence-electron chi connectivity index (χ1n) is 3.19. The SMILES string of the molecule is CC[C@](C)(C(C)=O)C(=O)O. The van der Waals surface area contributed by atoms with Crippen molar-refractivity contribution in [3.8, 4) is 0 Å². The molecule has 0 aliphatic heterocycles. The predicted molar refractivity (Wildman–Crippen MR) is 36.7 cm³/mol. The number of hydrogen-bond acceptors (Lipinski definition) is 2. The maximum atomic E-state index is 10.8. The predicted octanol–water partition coefficient (Wildman–Crippen LogP) is 1.08. The van der Waals surface area contributed by atoms with Crippen molar-refractivity contribution in [2.45, 2.75) is 27.2 Å². The van der Waals surface area contributed by atoms with Crippen LogP contribution in [-0.2, 0) is 9.59 Å². The molecule has 0 saturated heterocycles. The van der Waals surface area contributed by atoms with E-state index >= 15 is 0 Å². The highest BCUT2D eigenvalue weighted by Crippen LogP contribution is 2.21. The molecular formula is C7H12O3. The molecule has 58 valence electrons. The molecule has 0 aromatic heterocycles. The summed E-state index contributed by atoms with van der Waals surface area (Å²) in [5.74, 6) is -1.33. The first kappa shape index (κ1) is 9.14. The zero-order valence-corrected chi connectivity index (χ0v) is 6.47. The van der Waals surface area contributed by atoms with E-state index < -0.39 is 11.4 Å². The Kier molecular flexibility index (Phi) is 2.57. The van der Waals surface area contributed by atoms with Crippen LogP contribution in [-0.4, -0.2) is 16.9 Å². The van der Waals surface area contributed by atoms with Crippen molar-refractivity contribution >= 4 is 11.8 Å². The van der Waals surface area contributed by atoms with Crippen LogP contribution in [0.4, 0.5) is 0 Å². The van der Waals surface area contributed by atoms with Gasteiger partial charge in [-0.15, -0.1) is 0 Å². The molecule has 0 aliphatic rings. The summed E-state index contributed by atoms with van der Waals surface area (Å²) in [5.41, 5.74) is -1.18. The van der Waals surface area contributed by atoms with Gasteiger partial charge in [-0.1, -0.05) is 6.92 Å². The van der Waals surface area contributed by atoms with Crippen LogP contribution in [0.15, 0.2) is 0 Å². The standard InChI is InChI=1S/C7H12O3/c1-4-7(3,5(2)8)6(9)10/h4H2,1-3H3,(H,9,10)/t7-/m1/s1. The highest BCUT2D eigenvalue weighted by molar-refractivity contribution is 6.01. The summed E-state index contributed by atoms with van der Waals surface area (Å²) >= 11 is 0. The Morgan fingerprint density at radius 1 is 1.50 bits per heavy atom. The molecule has 3 nitrogen and oxygen atoms in total. The van der Waals surface area contributed by atoms with Gasteiger partial charge in [-0.3, -0.25) is 9.59 Å². The summed E-state index contributed by atoms with van der Waals surface area (Å²) in [6, 6.07) is 0. The Hall–Kier alpha value is -0.860. The van der Waals surface area contributed by atoms with Crippen molar-refractivity contribution in [3.05, 3.63) is 0 Å². The smallest absolute Gasteiger partial charge is 0.316 e. The largest absolute Gasteiger partial charge is 0.481 e. The second-order valence-corrected chi connectivity index (χ2v) is 2.55. The van der Waals surface area contributed by atoms with Crippen LogP contribution in [0.25, 0.3) is 0 Å². The van der Waals surface area contributed by atoms with Gasteiger partial charge in [0.05, 0.1) is 0 Å². The lowest BCUT2D eigenvalue weighted by atomic mass is 9.84. The minimum Gasteiger partial charge on any atom is -0.481 e. The highest BCUT2D eigenvalue weighted by atomic mass is 16.4. The van der Waals surface area contributed by atoms with Crippen LogP contribution in [0, 0.1) is 5.41 Å². The van der Waals surface area contributed by atoms with Crippen LogP contribution in [0.5, 0.6) is 0 Å². The van der Waals surface area contributed by atoms with E-state index in [2.05, 4.69) is 0 Å². The Morgan fingerprint density at radius 3 is 1.90 bits per heavy atom. The van der Waals surface area contributed by atoms with Crippen LogP contribution in [0.3, 0.4) is 0 Å². The van der Waals surface area contributed by atoms with Crippen LogP contribution in [0.2, 0.25) is 0 Å². The first-order chi connectivity index (χ1) is 4.45. The lowest BCUT2D eigenvalue weighted by Crippen LogP contribution is -2.33. The molecule has 0 bridgehead atoms. The van der Waals surface area contributed by atoms with Gasteiger partial charge in [0.2, 0.25) is 0 Å². The van der Waals surface area contributed by atoms with Gasteiger partial charge in [0.1, 0.15) is 11.2 Å². The Bertz CT molecular complexity index is 146. The van der Waals surface area contributed by atoms with Gasteiger partial charge < -0.3 is 5.11 Å². The van der Waals surface area contributed by atoms with Gasteiger partial charge in [0.15, 0.2) is 0 Å². The minimum absolute atomic E-state index is 0.289.